The average Bonchev–Trinajstić information content (AvgIpc) is 3.67. The second-order valence-electron chi connectivity index (χ2n) is 11.9. The molecular formula is C36H43N5O10S. The molecule has 52 heavy (non-hydrogen) atoms. The first-order valence-electron chi connectivity index (χ1n) is 16.2. The second-order valence-corrected chi connectivity index (χ2v) is 12.8. The number of nitrogens with one attached hydrogen (secondary N) is 2. The van der Waals surface area contributed by atoms with E-state index in [1.807, 2.05) is 53.5 Å². The number of hydrogen-bond donors (Lipinski definition) is 4. The molecule has 4 aromatic rings. The number of rotatable bonds is 12. The van der Waals surface area contributed by atoms with Gasteiger partial charge in [0.05, 0.1) is 37.8 Å². The number of carbonyl (C=O) groups excluding carboxylic acids is 3. The maximum Gasteiger partial charge on any atom is 0.394 e. The Morgan fingerprint density at radius 2 is 1.29 bits per heavy atom. The van der Waals surface area contributed by atoms with Crippen molar-refractivity contribution in [2.45, 2.75) is 18.9 Å². The molecule has 5 rings (SSSR count). The summed E-state index contributed by atoms with van der Waals surface area (Å²) in [6.45, 7) is 2.31. The molecule has 278 valence electrons. The van der Waals surface area contributed by atoms with Gasteiger partial charge in [-0.2, -0.15) is 8.42 Å². The first-order valence-corrected chi connectivity index (χ1v) is 17.6. The van der Waals surface area contributed by atoms with Crippen LogP contribution in [0.4, 0.5) is 11.4 Å². The van der Waals surface area contributed by atoms with E-state index < -0.39 is 10.4 Å². The Kier molecular flexibility index (Phi) is 13.9. The van der Waals surface area contributed by atoms with Gasteiger partial charge in [-0.3, -0.25) is 23.5 Å². The molecule has 0 unspecified atom stereocenters. The molecule has 1 fully saturated rings. The number of carbonyl (C=O) groups is 3. The van der Waals surface area contributed by atoms with Crippen molar-refractivity contribution in [1.82, 2.24) is 14.0 Å². The van der Waals surface area contributed by atoms with Crippen molar-refractivity contribution in [2.75, 3.05) is 51.2 Å². The number of ether oxygens (including phenoxy) is 3. The second kappa shape index (κ2) is 18.3. The zero-order chi connectivity index (χ0) is 37.8. The summed E-state index contributed by atoms with van der Waals surface area (Å²) in [5.74, 6) is 0.0629. The number of amides is 3. The third-order valence-electron chi connectivity index (χ3n) is 8.10. The van der Waals surface area contributed by atoms with Crippen LogP contribution in [0.2, 0.25) is 0 Å². The Bertz CT molecular complexity index is 1950. The number of piperidine rings is 1. The molecule has 4 N–H and O–H groups in total. The zero-order valence-electron chi connectivity index (χ0n) is 29.3. The number of aryl methyl sites for hydroxylation is 2. The topological polar surface area (TPSA) is 191 Å². The smallest absolute Gasteiger partial charge is 0.394 e. The van der Waals surface area contributed by atoms with Gasteiger partial charge in [0.15, 0.2) is 0 Å². The fourth-order valence-electron chi connectivity index (χ4n) is 5.44. The summed E-state index contributed by atoms with van der Waals surface area (Å²) >= 11 is 0. The highest BCUT2D eigenvalue weighted by atomic mass is 32.3. The summed E-state index contributed by atoms with van der Waals surface area (Å²) in [6.07, 6.45) is 9.02. The van der Waals surface area contributed by atoms with Crippen LogP contribution in [0.5, 0.6) is 5.75 Å². The van der Waals surface area contributed by atoms with Crippen molar-refractivity contribution in [1.29, 1.82) is 0 Å². The lowest BCUT2D eigenvalue weighted by Gasteiger charge is -2.32. The number of aromatic nitrogens is 2. The van der Waals surface area contributed by atoms with Gasteiger partial charge >= 0.3 is 10.4 Å². The number of hydrogen-bond acceptors (Lipinski definition) is 8. The summed E-state index contributed by atoms with van der Waals surface area (Å²) in [5, 5.41) is 5.75. The molecule has 2 aromatic carbocycles. The molecule has 0 saturated carbocycles. The molecule has 2 aromatic heterocycles. The van der Waals surface area contributed by atoms with Crippen molar-refractivity contribution in [3.63, 3.8) is 0 Å². The monoisotopic (exact) mass is 737 g/mol. The first kappa shape index (κ1) is 39.5. The molecule has 3 amide bonds. The van der Waals surface area contributed by atoms with Crippen LogP contribution < -0.4 is 15.4 Å². The quantitative estimate of drug-likeness (QED) is 0.0904. The number of methoxy groups -OCH3 is 2. The number of nitrogens with zero attached hydrogens (tertiary/aromatic N) is 3. The lowest BCUT2D eigenvalue weighted by Crippen LogP contribution is -2.41. The van der Waals surface area contributed by atoms with Gasteiger partial charge in [-0.05, 0) is 60.4 Å². The number of likely N-dealkylation sites (tertiary alicyclic amines) is 1. The standard InChI is InChI=1S/C36H41N5O6.H2O4S/c1-39-23-28(37-34(42)27-11-7-25(8-12-27)5-6-26-9-13-30(46-4)14-10-26)21-32(39)35(43)38-29-22-33(40(2)24-29)36(44)41-17-15-31(16-18-41)47-20-19-45-3;1-5(2,3)4/h5-14,21-24,31H,15-20H2,1-4H3,(H,37,42)(H,38,43);(H2,1,2,3,4)/b6-5+;. The average molecular weight is 738 g/mol. The maximum atomic E-state index is 13.2. The van der Waals surface area contributed by atoms with Crippen molar-refractivity contribution in [2.24, 2.45) is 14.1 Å². The van der Waals surface area contributed by atoms with E-state index in [0.29, 0.717) is 54.6 Å². The first-order chi connectivity index (χ1) is 24.7. The Morgan fingerprint density at radius 1 is 0.788 bits per heavy atom. The predicted octanol–water partition coefficient (Wildman–Crippen LogP) is 4.66. The predicted molar refractivity (Wildman–Crippen MR) is 196 cm³/mol. The molecule has 0 aliphatic carbocycles. The van der Waals surface area contributed by atoms with Crippen molar-refractivity contribution in [3.8, 4) is 5.75 Å². The highest BCUT2D eigenvalue weighted by Gasteiger charge is 2.26. The molecular weight excluding hydrogens is 694 g/mol. The molecule has 15 nitrogen and oxygen atoms in total. The largest absolute Gasteiger partial charge is 0.497 e. The molecule has 1 saturated heterocycles. The summed E-state index contributed by atoms with van der Waals surface area (Å²) in [4.78, 5) is 41.2. The van der Waals surface area contributed by atoms with E-state index in [9.17, 15) is 14.4 Å². The van der Waals surface area contributed by atoms with Gasteiger partial charge in [0, 0.05) is 52.3 Å². The Labute approximate surface area is 302 Å². The lowest BCUT2D eigenvalue weighted by molar-refractivity contribution is -0.0124. The summed E-state index contributed by atoms with van der Waals surface area (Å²) in [7, 11) is 2.13. The van der Waals surface area contributed by atoms with E-state index in [-0.39, 0.29) is 23.8 Å². The minimum absolute atomic E-state index is 0.0894. The highest BCUT2D eigenvalue weighted by Crippen LogP contribution is 2.22. The molecule has 0 radical (unpaired) electrons. The lowest BCUT2D eigenvalue weighted by atomic mass is 10.1. The summed E-state index contributed by atoms with van der Waals surface area (Å²) in [5.41, 5.74) is 4.32. The van der Waals surface area contributed by atoms with Crippen LogP contribution in [0, 0.1) is 0 Å². The van der Waals surface area contributed by atoms with Gasteiger partial charge in [0.25, 0.3) is 17.7 Å². The van der Waals surface area contributed by atoms with Crippen LogP contribution >= 0.6 is 0 Å². The molecule has 16 heteroatoms. The minimum Gasteiger partial charge on any atom is -0.497 e. The fourth-order valence-corrected chi connectivity index (χ4v) is 5.44. The summed E-state index contributed by atoms with van der Waals surface area (Å²) < 4.78 is 51.0. The third-order valence-corrected chi connectivity index (χ3v) is 8.10. The van der Waals surface area contributed by atoms with Gasteiger partial charge in [-0.1, -0.05) is 36.4 Å². The van der Waals surface area contributed by atoms with Gasteiger partial charge in [0.1, 0.15) is 17.1 Å². The van der Waals surface area contributed by atoms with Crippen molar-refractivity contribution in [3.05, 3.63) is 101 Å². The van der Waals surface area contributed by atoms with E-state index in [1.165, 1.54) is 0 Å². The van der Waals surface area contributed by atoms with E-state index >= 15 is 0 Å². The van der Waals surface area contributed by atoms with Gasteiger partial charge in [-0.15, -0.1) is 0 Å². The molecule has 3 heterocycles. The van der Waals surface area contributed by atoms with Crippen LogP contribution in [0.15, 0.2) is 73.1 Å². The number of anilines is 2. The normalized spacial score (nSPS) is 13.4. The van der Waals surface area contributed by atoms with Crippen molar-refractivity contribution < 1.29 is 46.1 Å². The number of benzene rings is 2. The molecule has 0 atom stereocenters. The maximum absolute atomic E-state index is 13.2. The summed E-state index contributed by atoms with van der Waals surface area (Å²) in [6, 6.07) is 18.3. The third kappa shape index (κ3) is 11.9. The van der Waals surface area contributed by atoms with Crippen LogP contribution in [-0.4, -0.2) is 95.9 Å². The van der Waals surface area contributed by atoms with Crippen LogP contribution in [0.3, 0.4) is 0 Å². The Hall–Kier alpha value is -5.26. The van der Waals surface area contributed by atoms with E-state index in [4.69, 9.17) is 31.7 Å². The van der Waals surface area contributed by atoms with Crippen molar-refractivity contribution >= 4 is 51.6 Å². The molecule has 0 bridgehead atoms. The Morgan fingerprint density at radius 3 is 1.83 bits per heavy atom. The minimum atomic E-state index is -4.67. The molecule has 0 spiro atoms. The van der Waals surface area contributed by atoms with Gasteiger partial charge in [-0.25, -0.2) is 0 Å². The zero-order valence-corrected chi connectivity index (χ0v) is 30.1. The molecule has 1 aliphatic heterocycles. The van der Waals surface area contributed by atoms with Gasteiger partial charge < -0.3 is 38.9 Å². The van der Waals surface area contributed by atoms with E-state index in [2.05, 4.69) is 10.6 Å². The molecule has 1 aliphatic rings. The van der Waals surface area contributed by atoms with Crippen LogP contribution in [-0.2, 0) is 34.0 Å². The van der Waals surface area contributed by atoms with E-state index in [1.54, 1.807) is 74.1 Å². The Balaban J connectivity index is 0.00000113. The highest BCUT2D eigenvalue weighted by molar-refractivity contribution is 7.79. The SMILES string of the molecule is COCCOC1CCN(C(=O)c2cc(NC(=O)c3cc(NC(=O)c4ccc(/C=C/c5ccc(OC)cc5)cc4)cn3C)cn2C)CC1.O=S(=O)(O)O. The fraction of sp³-hybridized carbons (Fsp3) is 0.306. The van der Waals surface area contributed by atoms with E-state index in [0.717, 1.165) is 29.7 Å². The van der Waals surface area contributed by atoms with Crippen LogP contribution in [0.1, 0.15) is 55.3 Å². The van der Waals surface area contributed by atoms with Gasteiger partial charge in [0.2, 0.25) is 0 Å². The van der Waals surface area contributed by atoms with Crippen LogP contribution in [0.25, 0.3) is 12.2 Å².